The van der Waals surface area contributed by atoms with Crippen LogP contribution in [0.5, 0.6) is 11.5 Å². The van der Waals surface area contributed by atoms with Crippen molar-refractivity contribution in [1.29, 1.82) is 0 Å². The topological polar surface area (TPSA) is 69.4 Å². The zero-order chi connectivity index (χ0) is 17.4. The Morgan fingerprint density at radius 3 is 1.87 bits per heavy atom. The van der Waals surface area contributed by atoms with Gasteiger partial charge in [0.05, 0.1) is 20.5 Å². The minimum atomic E-state index is -4.59. The van der Waals surface area contributed by atoms with Gasteiger partial charge < -0.3 is 4.74 Å². The van der Waals surface area contributed by atoms with Crippen LogP contribution in [0, 0.1) is 0 Å². The van der Waals surface area contributed by atoms with Crippen LogP contribution in [0.3, 0.4) is 0 Å². The summed E-state index contributed by atoms with van der Waals surface area (Å²) in [5, 5.41) is 4.28. The van der Waals surface area contributed by atoms with E-state index in [1.165, 1.54) is 24.3 Å². The van der Waals surface area contributed by atoms with Gasteiger partial charge in [0.2, 0.25) is 10.0 Å². The summed E-state index contributed by atoms with van der Waals surface area (Å²) in [6.07, 6.45) is -4.59. The molecule has 23 heavy (non-hydrogen) atoms. The highest BCUT2D eigenvalue weighted by molar-refractivity contribution is 7.89. The number of nitrogens with two attached hydrogens (primary N) is 1. The quantitative estimate of drug-likeness (QED) is 0.848. The summed E-state index contributed by atoms with van der Waals surface area (Å²) in [6, 6.07) is 6.25. The predicted octanol–water partition coefficient (Wildman–Crippen LogP) is 4.45. The summed E-state index contributed by atoms with van der Waals surface area (Å²) >= 11 is 11.5. The molecule has 0 saturated heterocycles. The van der Waals surface area contributed by atoms with Crippen LogP contribution in [-0.2, 0) is 16.2 Å². The normalized spacial score (nSPS) is 12.3. The van der Waals surface area contributed by atoms with Crippen LogP contribution in [0.1, 0.15) is 5.56 Å². The van der Waals surface area contributed by atoms with E-state index in [1.54, 1.807) is 0 Å². The average Bonchev–Trinajstić information content (AvgIpc) is 2.41. The molecule has 0 heterocycles. The Morgan fingerprint density at radius 1 is 1.00 bits per heavy atom. The number of benzene rings is 2. The van der Waals surface area contributed by atoms with E-state index < -0.39 is 21.8 Å². The van der Waals surface area contributed by atoms with Crippen molar-refractivity contribution in [3.8, 4) is 11.5 Å². The lowest BCUT2D eigenvalue weighted by atomic mass is 10.2. The van der Waals surface area contributed by atoms with Gasteiger partial charge in [0.15, 0.2) is 5.75 Å². The SMILES string of the molecule is NS(=O)(=O)c1ccc(Oc2c(Cl)cc(C(F)(F)F)cc2Cl)cc1. The Kier molecular flexibility index (Phi) is 4.81. The second-order valence-electron chi connectivity index (χ2n) is 4.39. The van der Waals surface area contributed by atoms with E-state index in [-0.39, 0.29) is 26.4 Å². The molecule has 0 radical (unpaired) electrons. The minimum absolute atomic E-state index is 0.126. The highest BCUT2D eigenvalue weighted by Gasteiger charge is 2.32. The standard InChI is InChI=1S/C13H8Cl2F3NO3S/c14-10-5-7(13(16,17)18)6-11(15)12(10)22-8-1-3-9(4-2-8)23(19,20)21/h1-6H,(H2,19,20,21). The van der Waals surface area contributed by atoms with E-state index >= 15 is 0 Å². The maximum atomic E-state index is 12.6. The molecule has 0 spiro atoms. The van der Waals surface area contributed by atoms with Crippen molar-refractivity contribution < 1.29 is 26.3 Å². The second kappa shape index (κ2) is 6.20. The first-order chi connectivity index (χ1) is 10.5. The molecule has 2 aromatic carbocycles. The monoisotopic (exact) mass is 385 g/mol. The Bertz CT molecular complexity index is 814. The first-order valence-corrected chi connectivity index (χ1v) is 8.15. The molecule has 0 aromatic heterocycles. The third kappa shape index (κ3) is 4.29. The first kappa shape index (κ1) is 17.9. The third-order valence-electron chi connectivity index (χ3n) is 2.70. The summed E-state index contributed by atoms with van der Waals surface area (Å²) in [5.41, 5.74) is -1.01. The van der Waals surface area contributed by atoms with Crippen LogP contribution in [-0.4, -0.2) is 8.42 Å². The molecule has 124 valence electrons. The van der Waals surface area contributed by atoms with Crippen molar-refractivity contribution in [3.05, 3.63) is 52.0 Å². The van der Waals surface area contributed by atoms with Crippen LogP contribution < -0.4 is 9.88 Å². The number of rotatable bonds is 3. The molecule has 0 atom stereocenters. The van der Waals surface area contributed by atoms with Gasteiger partial charge in [0.1, 0.15) is 5.75 Å². The third-order valence-corrected chi connectivity index (χ3v) is 4.19. The lowest BCUT2D eigenvalue weighted by Gasteiger charge is -2.13. The van der Waals surface area contributed by atoms with E-state index in [0.717, 1.165) is 0 Å². The van der Waals surface area contributed by atoms with E-state index in [0.29, 0.717) is 12.1 Å². The van der Waals surface area contributed by atoms with E-state index in [4.69, 9.17) is 33.1 Å². The highest BCUT2D eigenvalue weighted by atomic mass is 35.5. The van der Waals surface area contributed by atoms with E-state index in [2.05, 4.69) is 0 Å². The van der Waals surface area contributed by atoms with Gasteiger partial charge in [-0.1, -0.05) is 23.2 Å². The Labute approximate surface area is 139 Å². The zero-order valence-electron chi connectivity index (χ0n) is 11.1. The second-order valence-corrected chi connectivity index (χ2v) is 6.76. The fourth-order valence-electron chi connectivity index (χ4n) is 1.64. The molecule has 0 fully saturated rings. The molecule has 0 saturated carbocycles. The number of halogens is 5. The van der Waals surface area contributed by atoms with Gasteiger partial charge in [-0.3, -0.25) is 0 Å². The number of sulfonamides is 1. The number of primary sulfonamides is 1. The van der Waals surface area contributed by atoms with Crippen molar-refractivity contribution in [2.24, 2.45) is 5.14 Å². The molecule has 0 aliphatic rings. The number of ether oxygens (including phenoxy) is 1. The Balaban J connectivity index is 2.34. The largest absolute Gasteiger partial charge is 0.454 e. The van der Waals surface area contributed by atoms with Crippen molar-refractivity contribution in [2.75, 3.05) is 0 Å². The molecular formula is C13H8Cl2F3NO3S. The Morgan fingerprint density at radius 2 is 1.48 bits per heavy atom. The van der Waals surface area contributed by atoms with Gasteiger partial charge in [0, 0.05) is 0 Å². The molecule has 0 aliphatic heterocycles. The van der Waals surface area contributed by atoms with Crippen LogP contribution in [0.25, 0.3) is 0 Å². The van der Waals surface area contributed by atoms with Gasteiger partial charge in [-0.15, -0.1) is 0 Å². The minimum Gasteiger partial charge on any atom is -0.454 e. The van der Waals surface area contributed by atoms with Crippen molar-refractivity contribution in [1.82, 2.24) is 0 Å². The molecule has 4 nitrogen and oxygen atoms in total. The fraction of sp³-hybridized carbons (Fsp3) is 0.0769. The van der Waals surface area contributed by atoms with Crippen LogP contribution in [0.2, 0.25) is 10.0 Å². The van der Waals surface area contributed by atoms with Crippen molar-refractivity contribution in [3.63, 3.8) is 0 Å². The maximum absolute atomic E-state index is 12.6. The molecule has 0 bridgehead atoms. The molecule has 2 rings (SSSR count). The van der Waals surface area contributed by atoms with Gasteiger partial charge >= 0.3 is 6.18 Å². The zero-order valence-corrected chi connectivity index (χ0v) is 13.4. The van der Waals surface area contributed by atoms with Crippen molar-refractivity contribution in [2.45, 2.75) is 11.1 Å². The summed E-state index contributed by atoms with van der Waals surface area (Å²) in [6.45, 7) is 0. The summed E-state index contributed by atoms with van der Waals surface area (Å²) in [4.78, 5) is -0.144. The molecule has 2 aromatic rings. The molecule has 10 heteroatoms. The molecule has 0 aliphatic carbocycles. The summed E-state index contributed by atoms with van der Waals surface area (Å²) in [5.74, 6) is -0.0503. The number of hydrogen-bond acceptors (Lipinski definition) is 3. The van der Waals surface area contributed by atoms with Gasteiger partial charge in [-0.2, -0.15) is 13.2 Å². The Hall–Kier alpha value is -1.48. The van der Waals surface area contributed by atoms with Gasteiger partial charge in [0.25, 0.3) is 0 Å². The molecule has 0 amide bonds. The van der Waals surface area contributed by atoms with Crippen LogP contribution in [0.4, 0.5) is 13.2 Å². The highest BCUT2D eigenvalue weighted by Crippen LogP contribution is 2.41. The lowest BCUT2D eigenvalue weighted by molar-refractivity contribution is -0.137. The van der Waals surface area contributed by atoms with Crippen LogP contribution >= 0.6 is 23.2 Å². The molecule has 0 unspecified atom stereocenters. The lowest BCUT2D eigenvalue weighted by Crippen LogP contribution is -2.11. The fourth-order valence-corrected chi connectivity index (χ4v) is 2.72. The number of alkyl halides is 3. The summed E-state index contributed by atoms with van der Waals surface area (Å²) < 4.78 is 65.5. The molecular weight excluding hydrogens is 378 g/mol. The number of hydrogen-bond donors (Lipinski definition) is 1. The smallest absolute Gasteiger partial charge is 0.416 e. The first-order valence-electron chi connectivity index (χ1n) is 5.85. The van der Waals surface area contributed by atoms with Gasteiger partial charge in [-0.05, 0) is 36.4 Å². The van der Waals surface area contributed by atoms with Crippen LogP contribution in [0.15, 0.2) is 41.3 Å². The molecule has 2 N–H and O–H groups in total. The van der Waals surface area contributed by atoms with Gasteiger partial charge in [-0.25, -0.2) is 13.6 Å². The van der Waals surface area contributed by atoms with Crippen molar-refractivity contribution >= 4 is 33.2 Å². The summed E-state index contributed by atoms with van der Waals surface area (Å²) in [7, 11) is -3.86. The average molecular weight is 386 g/mol. The maximum Gasteiger partial charge on any atom is 0.416 e. The van der Waals surface area contributed by atoms with E-state index in [9.17, 15) is 21.6 Å². The predicted molar refractivity (Wildman–Crippen MR) is 79.4 cm³/mol. The van der Waals surface area contributed by atoms with E-state index in [1.807, 2.05) is 0 Å².